The molecule has 0 spiro atoms. The van der Waals surface area contributed by atoms with Crippen molar-refractivity contribution in [3.63, 3.8) is 0 Å². The zero-order chi connectivity index (χ0) is 48.8. The number of thiophene rings is 3. The Morgan fingerprint density at radius 2 is 1.14 bits per heavy atom. The van der Waals surface area contributed by atoms with E-state index >= 15 is 0 Å². The number of aliphatic hydroxyl groups is 1. The number of likely N-dealkylation sites (tertiary alicyclic amines) is 1. The van der Waals surface area contributed by atoms with Crippen molar-refractivity contribution >= 4 is 57.5 Å². The largest absolute Gasteiger partial charge is 0.466 e. The molecule has 10 nitrogen and oxygen atoms in total. The molecule has 8 rings (SSSR count). The van der Waals surface area contributed by atoms with Gasteiger partial charge in [0.15, 0.2) is 0 Å². The Labute approximate surface area is 424 Å². The van der Waals surface area contributed by atoms with Crippen LogP contribution in [0.3, 0.4) is 0 Å². The Kier molecular flexibility index (Phi) is 25.1. The number of benzene rings is 2. The molecule has 3 aliphatic rings. The maximum Gasteiger partial charge on any atom is 0.335 e. The van der Waals surface area contributed by atoms with Gasteiger partial charge in [-0.15, -0.1) is 34.0 Å². The fourth-order valence-corrected chi connectivity index (χ4v) is 12.0. The lowest BCUT2D eigenvalue weighted by molar-refractivity contribution is -0.151. The topological polar surface area (TPSA) is 118 Å². The van der Waals surface area contributed by atoms with Gasteiger partial charge in [-0.05, 0) is 134 Å². The average molecular weight is 1000 g/mol. The number of ether oxygens (including phenoxy) is 3. The standard InChI is InChI=1S/C20H25NO2S.C20H23NO2S.C13H19NO2S.C2H6O.CH4/c2*1-3-23-20(22)18-14-21(13-16-7-5-4-6-8-16)12-11-17(18)19-10-9-15(2)24-19;1-3-16-13(15)11-8-14-7-6-10(11)12-5-4-9(2)17-12;1-2-3;/h4-10,17-18H,3,11-14H2,1-2H3;4-10H,3,11-14H2,1-2H3;4-5,10-11,14H,3,6-8H2,1-2H3;3H,2H2,1H3;1H4/t17-,18+;;10-,11+;;/m0.0../s1. The summed E-state index contributed by atoms with van der Waals surface area (Å²) >= 11 is 5.36. The molecule has 0 unspecified atom stereocenters. The molecule has 0 saturated carbocycles. The molecule has 5 aromatic rings. The van der Waals surface area contributed by atoms with Gasteiger partial charge in [0.25, 0.3) is 0 Å². The zero-order valence-corrected chi connectivity index (χ0v) is 43.6. The van der Waals surface area contributed by atoms with Gasteiger partial charge in [0.05, 0.1) is 37.2 Å². The Hall–Kier alpha value is -4.47. The van der Waals surface area contributed by atoms with Gasteiger partial charge in [0.2, 0.25) is 0 Å². The molecule has 6 heterocycles. The first kappa shape index (κ1) is 57.1. The summed E-state index contributed by atoms with van der Waals surface area (Å²) in [6.07, 6.45) is 2.92. The molecule has 0 aliphatic carbocycles. The second-order valence-corrected chi connectivity index (χ2v) is 21.1. The van der Waals surface area contributed by atoms with Crippen molar-refractivity contribution in [1.82, 2.24) is 15.1 Å². The van der Waals surface area contributed by atoms with Gasteiger partial charge in [-0.3, -0.25) is 19.4 Å². The van der Waals surface area contributed by atoms with Crippen LogP contribution in [0.4, 0.5) is 0 Å². The first-order chi connectivity index (χ1) is 33.0. The minimum atomic E-state index is -0.170. The van der Waals surface area contributed by atoms with Crippen LogP contribution in [-0.2, 0) is 41.7 Å². The summed E-state index contributed by atoms with van der Waals surface area (Å²) in [5.74, 6) is 0.240. The van der Waals surface area contributed by atoms with E-state index in [-0.39, 0.29) is 49.7 Å². The van der Waals surface area contributed by atoms with Crippen LogP contribution in [0.5, 0.6) is 0 Å². The van der Waals surface area contributed by atoms with E-state index in [9.17, 15) is 14.4 Å². The molecule has 3 aromatic heterocycles. The lowest BCUT2D eigenvalue weighted by Crippen LogP contribution is -2.43. The third-order valence-electron chi connectivity index (χ3n) is 12.1. The summed E-state index contributed by atoms with van der Waals surface area (Å²) in [5.41, 5.74) is 4.55. The summed E-state index contributed by atoms with van der Waals surface area (Å²) in [6, 6.07) is 33.7. The van der Waals surface area contributed by atoms with Gasteiger partial charge < -0.3 is 24.6 Å². The number of nitrogens with one attached hydrogen (secondary N) is 1. The number of piperidine rings is 2. The van der Waals surface area contributed by atoms with Crippen LogP contribution in [0.25, 0.3) is 5.57 Å². The Morgan fingerprint density at radius 3 is 1.65 bits per heavy atom. The minimum absolute atomic E-state index is 0. The molecule has 0 bridgehead atoms. The lowest BCUT2D eigenvalue weighted by atomic mass is 9.84. The highest BCUT2D eigenvalue weighted by Gasteiger charge is 2.37. The number of hydrogen-bond donors (Lipinski definition) is 2. The van der Waals surface area contributed by atoms with Crippen molar-refractivity contribution in [3.05, 3.63) is 143 Å². The van der Waals surface area contributed by atoms with Crippen LogP contribution in [0.2, 0.25) is 0 Å². The quantitative estimate of drug-likeness (QED) is 0.0872. The van der Waals surface area contributed by atoms with E-state index in [1.54, 1.807) is 29.6 Å². The maximum absolute atomic E-state index is 12.5. The highest BCUT2D eigenvalue weighted by molar-refractivity contribution is 7.13. The molecular weight excluding hydrogens is 923 g/mol. The van der Waals surface area contributed by atoms with Gasteiger partial charge in [0.1, 0.15) is 0 Å². The van der Waals surface area contributed by atoms with Gasteiger partial charge in [-0.1, -0.05) is 68.1 Å². The van der Waals surface area contributed by atoms with Crippen molar-refractivity contribution in [2.75, 3.05) is 65.7 Å². The highest BCUT2D eigenvalue weighted by atomic mass is 32.1. The van der Waals surface area contributed by atoms with Gasteiger partial charge in [-0.2, -0.15) is 0 Å². The average Bonchev–Trinajstić information content (AvgIpc) is 4.11. The van der Waals surface area contributed by atoms with E-state index in [4.69, 9.17) is 19.3 Å². The Balaban J connectivity index is 0.000000221. The molecule has 0 amide bonds. The van der Waals surface area contributed by atoms with Crippen LogP contribution < -0.4 is 5.32 Å². The summed E-state index contributed by atoms with van der Waals surface area (Å²) in [4.78, 5) is 49.4. The van der Waals surface area contributed by atoms with Crippen LogP contribution in [0, 0.1) is 32.6 Å². The number of carbonyl (C=O) groups is 3. The molecule has 0 radical (unpaired) electrons. The lowest BCUT2D eigenvalue weighted by Gasteiger charge is -2.37. The number of carbonyl (C=O) groups excluding carboxylic acids is 3. The number of nitrogens with zero attached hydrogens (tertiary/aromatic N) is 2. The van der Waals surface area contributed by atoms with E-state index in [0.717, 1.165) is 76.2 Å². The second kappa shape index (κ2) is 30.3. The summed E-state index contributed by atoms with van der Waals surface area (Å²) < 4.78 is 15.9. The predicted molar refractivity (Wildman–Crippen MR) is 286 cm³/mol. The van der Waals surface area contributed by atoms with Crippen molar-refractivity contribution in [2.24, 2.45) is 11.8 Å². The summed E-state index contributed by atoms with van der Waals surface area (Å²) in [6.45, 7) is 22.1. The molecule has 376 valence electrons. The third kappa shape index (κ3) is 17.7. The molecule has 3 aliphatic heterocycles. The van der Waals surface area contributed by atoms with E-state index in [0.29, 0.717) is 32.3 Å². The molecule has 2 aromatic carbocycles. The SMILES string of the molecule is C.CCO.CCOC(=O)C1=C(c2ccc(C)s2)CCN(Cc2ccccc2)C1.CCOC(=O)[C@@H]1CN(Cc2ccccc2)CC[C@@H]1c1ccc(C)s1.CCOC(=O)[C@@H]1CNCC[C@@H]1c1ccc(C)s1. The Morgan fingerprint density at radius 1 is 0.638 bits per heavy atom. The molecular formula is C56H77N3O7S3. The van der Waals surface area contributed by atoms with Crippen molar-refractivity contribution in [3.8, 4) is 0 Å². The Bertz CT molecular complexity index is 2310. The zero-order valence-electron chi connectivity index (χ0n) is 41.2. The van der Waals surface area contributed by atoms with Gasteiger partial charge in [0, 0.05) is 87.0 Å². The van der Waals surface area contributed by atoms with Crippen molar-refractivity contribution < 1.29 is 33.7 Å². The number of hydrogen-bond acceptors (Lipinski definition) is 13. The minimum Gasteiger partial charge on any atom is -0.466 e. The van der Waals surface area contributed by atoms with Gasteiger partial charge in [-0.25, -0.2) is 4.79 Å². The van der Waals surface area contributed by atoms with E-state index in [1.807, 2.05) is 44.2 Å². The molecule has 2 fully saturated rings. The van der Waals surface area contributed by atoms with E-state index in [2.05, 4.69) is 121 Å². The fraction of sp³-hybridized carbons (Fsp3) is 0.482. The number of aliphatic hydroxyl groups excluding tert-OH is 1. The van der Waals surface area contributed by atoms with E-state index in [1.165, 1.54) is 40.4 Å². The molecule has 2 N–H and O–H groups in total. The first-order valence-electron chi connectivity index (χ1n) is 24.2. The van der Waals surface area contributed by atoms with Crippen LogP contribution in [0.15, 0.2) is 103 Å². The van der Waals surface area contributed by atoms with Crippen LogP contribution in [-0.4, -0.2) is 98.5 Å². The maximum atomic E-state index is 12.5. The summed E-state index contributed by atoms with van der Waals surface area (Å²) in [7, 11) is 0. The highest BCUT2D eigenvalue weighted by Crippen LogP contribution is 2.39. The fourth-order valence-electron chi connectivity index (χ4n) is 8.90. The molecule has 69 heavy (non-hydrogen) atoms. The van der Waals surface area contributed by atoms with Crippen molar-refractivity contribution in [2.45, 2.75) is 100 Å². The van der Waals surface area contributed by atoms with Crippen molar-refractivity contribution in [1.29, 1.82) is 0 Å². The normalized spacial score (nSPS) is 19.2. The molecule has 13 heteroatoms. The van der Waals surface area contributed by atoms with E-state index < -0.39 is 0 Å². The molecule has 4 atom stereocenters. The smallest absolute Gasteiger partial charge is 0.335 e. The number of esters is 3. The first-order valence-corrected chi connectivity index (χ1v) is 26.7. The second-order valence-electron chi connectivity index (χ2n) is 17.2. The van der Waals surface area contributed by atoms with Crippen LogP contribution in [0.1, 0.15) is 107 Å². The van der Waals surface area contributed by atoms with Crippen LogP contribution >= 0.6 is 34.0 Å². The summed E-state index contributed by atoms with van der Waals surface area (Å²) in [5, 5.41) is 10.9. The number of aryl methyl sites for hydroxylation is 3. The number of rotatable bonds is 13. The molecule has 2 saturated heterocycles. The predicted octanol–water partition coefficient (Wildman–Crippen LogP) is 11.5. The monoisotopic (exact) mass is 999 g/mol. The van der Waals surface area contributed by atoms with Gasteiger partial charge >= 0.3 is 17.9 Å². The third-order valence-corrected chi connectivity index (χ3v) is 15.4.